The molecule has 1 N–H and O–H groups in total. The van der Waals surface area contributed by atoms with Crippen LogP contribution >= 0.6 is 0 Å². The van der Waals surface area contributed by atoms with Gasteiger partial charge in [-0.05, 0) is 25.1 Å². The van der Waals surface area contributed by atoms with Crippen molar-refractivity contribution in [2.75, 3.05) is 0 Å². The Morgan fingerprint density at radius 1 is 1.33 bits per heavy atom. The van der Waals surface area contributed by atoms with E-state index in [1.807, 2.05) is 0 Å². The summed E-state index contributed by atoms with van der Waals surface area (Å²) in [6, 6.07) is 4.78. The Labute approximate surface area is 102 Å². The van der Waals surface area contributed by atoms with Crippen LogP contribution in [0, 0.1) is 6.92 Å². The van der Waals surface area contributed by atoms with Gasteiger partial charge in [-0.15, -0.1) is 0 Å². The van der Waals surface area contributed by atoms with Gasteiger partial charge in [0.05, 0.1) is 17.5 Å². The second kappa shape index (κ2) is 4.72. The Balaban J connectivity index is 2.06. The highest BCUT2D eigenvalue weighted by atomic mass is 19.4. The molecule has 0 spiro atoms. The van der Waals surface area contributed by atoms with Gasteiger partial charge in [0.15, 0.2) is 0 Å². The number of rotatable bonds is 3. The fourth-order valence-electron chi connectivity index (χ4n) is 1.47. The van der Waals surface area contributed by atoms with Crippen LogP contribution in [0.3, 0.4) is 0 Å². The molecule has 1 aromatic heterocycles. The molecule has 96 valence electrons. The third-order valence-electron chi connectivity index (χ3n) is 2.31. The minimum atomic E-state index is -4.36. The first-order chi connectivity index (χ1) is 8.45. The molecule has 0 bridgehead atoms. The van der Waals surface area contributed by atoms with Crippen LogP contribution in [0.4, 0.5) is 13.2 Å². The number of nitrogens with one attached hydrogen (secondary N) is 1. The smallest absolute Gasteiger partial charge is 0.416 e. The maximum Gasteiger partial charge on any atom is 0.416 e. The molecule has 0 unspecified atom stereocenters. The predicted octanol–water partition coefficient (Wildman–Crippen LogP) is 3.32. The van der Waals surface area contributed by atoms with Crippen molar-refractivity contribution in [1.29, 1.82) is 0 Å². The summed E-state index contributed by atoms with van der Waals surface area (Å²) >= 11 is 0. The minimum Gasteiger partial charge on any atom is -0.487 e. The molecule has 0 amide bonds. The van der Waals surface area contributed by atoms with Crippen LogP contribution < -0.4 is 4.74 Å². The first-order valence-corrected chi connectivity index (χ1v) is 5.26. The summed E-state index contributed by atoms with van der Waals surface area (Å²) in [5, 5.41) is 0. The first kappa shape index (κ1) is 12.5. The van der Waals surface area contributed by atoms with E-state index in [9.17, 15) is 13.2 Å². The number of hydrogen-bond donors (Lipinski definition) is 1. The van der Waals surface area contributed by atoms with Gasteiger partial charge in [0.2, 0.25) is 0 Å². The van der Waals surface area contributed by atoms with E-state index < -0.39 is 11.7 Å². The molecule has 2 rings (SSSR count). The number of alkyl halides is 3. The van der Waals surface area contributed by atoms with Crippen molar-refractivity contribution < 1.29 is 17.9 Å². The molecule has 2 aromatic rings. The molecule has 18 heavy (non-hydrogen) atoms. The van der Waals surface area contributed by atoms with Crippen LogP contribution in [0.2, 0.25) is 0 Å². The van der Waals surface area contributed by atoms with E-state index in [1.165, 1.54) is 12.1 Å². The van der Waals surface area contributed by atoms with Crippen LogP contribution in [0.5, 0.6) is 5.75 Å². The van der Waals surface area contributed by atoms with Gasteiger partial charge in [-0.1, -0.05) is 6.07 Å². The van der Waals surface area contributed by atoms with Crippen molar-refractivity contribution in [3.05, 3.63) is 47.5 Å². The fourth-order valence-corrected chi connectivity index (χ4v) is 1.47. The summed E-state index contributed by atoms with van der Waals surface area (Å²) in [6.07, 6.45) is -2.77. The normalized spacial score (nSPS) is 11.6. The molecule has 3 nitrogen and oxygen atoms in total. The molecule has 0 saturated heterocycles. The van der Waals surface area contributed by atoms with E-state index in [0.717, 1.165) is 18.0 Å². The van der Waals surface area contributed by atoms with Gasteiger partial charge in [0.1, 0.15) is 18.2 Å². The van der Waals surface area contributed by atoms with Crippen LogP contribution in [0.1, 0.15) is 17.1 Å². The topological polar surface area (TPSA) is 37.9 Å². The Morgan fingerprint density at radius 3 is 2.72 bits per heavy atom. The summed E-state index contributed by atoms with van der Waals surface area (Å²) in [5.74, 6) is 0.912. The summed E-state index contributed by atoms with van der Waals surface area (Å²) in [5.41, 5.74) is -0.00861. The van der Waals surface area contributed by atoms with Crippen LogP contribution in [0.25, 0.3) is 0 Å². The summed E-state index contributed by atoms with van der Waals surface area (Å²) in [7, 11) is 0. The largest absolute Gasteiger partial charge is 0.487 e. The first-order valence-electron chi connectivity index (χ1n) is 5.26. The predicted molar refractivity (Wildman–Crippen MR) is 59.1 cm³/mol. The number of H-pyrrole nitrogens is 1. The number of ether oxygens (including phenoxy) is 1. The number of halogens is 3. The highest BCUT2D eigenvalue weighted by molar-refractivity contribution is 5.30. The van der Waals surface area contributed by atoms with Gasteiger partial charge in [-0.25, -0.2) is 4.98 Å². The SMILES string of the molecule is Cc1ncc(COc2cccc(C(F)(F)F)c2)[nH]1. The lowest BCUT2D eigenvalue weighted by atomic mass is 10.2. The number of imidazole rings is 1. The lowest BCUT2D eigenvalue weighted by molar-refractivity contribution is -0.137. The third-order valence-corrected chi connectivity index (χ3v) is 2.31. The number of benzene rings is 1. The van der Waals surface area contributed by atoms with Crippen LogP contribution in [-0.4, -0.2) is 9.97 Å². The summed E-state index contributed by atoms with van der Waals surface area (Å²) in [6.45, 7) is 1.94. The van der Waals surface area contributed by atoms with E-state index >= 15 is 0 Å². The summed E-state index contributed by atoms with van der Waals surface area (Å²) in [4.78, 5) is 6.90. The molecular formula is C12H11F3N2O. The third kappa shape index (κ3) is 3.03. The van der Waals surface area contributed by atoms with E-state index in [-0.39, 0.29) is 12.4 Å². The van der Waals surface area contributed by atoms with Crippen LogP contribution in [0.15, 0.2) is 30.5 Å². The van der Waals surface area contributed by atoms with Gasteiger partial charge < -0.3 is 9.72 Å². The van der Waals surface area contributed by atoms with Gasteiger partial charge >= 0.3 is 6.18 Å². The van der Waals surface area contributed by atoms with Crippen molar-refractivity contribution >= 4 is 0 Å². The van der Waals surface area contributed by atoms with Gasteiger partial charge in [-0.2, -0.15) is 13.2 Å². The van der Waals surface area contributed by atoms with Crippen molar-refractivity contribution in [1.82, 2.24) is 9.97 Å². The second-order valence-electron chi connectivity index (χ2n) is 3.81. The van der Waals surface area contributed by atoms with Crippen molar-refractivity contribution in [3.8, 4) is 5.75 Å². The zero-order valence-electron chi connectivity index (χ0n) is 9.58. The minimum absolute atomic E-state index is 0.155. The molecule has 1 aromatic carbocycles. The van der Waals surface area contributed by atoms with Gasteiger partial charge in [0, 0.05) is 0 Å². The number of hydrogen-bond acceptors (Lipinski definition) is 2. The highest BCUT2D eigenvalue weighted by Gasteiger charge is 2.30. The average molecular weight is 256 g/mol. The maximum atomic E-state index is 12.5. The van der Waals surface area contributed by atoms with Crippen molar-refractivity contribution in [2.45, 2.75) is 19.7 Å². The number of aromatic nitrogens is 2. The fraction of sp³-hybridized carbons (Fsp3) is 0.250. The molecule has 0 aliphatic heterocycles. The molecule has 0 fully saturated rings. The molecule has 6 heteroatoms. The molecule has 0 aliphatic rings. The molecule has 0 atom stereocenters. The van der Waals surface area contributed by atoms with Gasteiger partial charge in [-0.3, -0.25) is 0 Å². The van der Waals surface area contributed by atoms with E-state index in [0.29, 0.717) is 5.69 Å². The molecule has 0 radical (unpaired) electrons. The van der Waals surface area contributed by atoms with Gasteiger partial charge in [0.25, 0.3) is 0 Å². The molecule has 1 heterocycles. The Hall–Kier alpha value is -1.98. The van der Waals surface area contributed by atoms with Crippen molar-refractivity contribution in [3.63, 3.8) is 0 Å². The Morgan fingerprint density at radius 2 is 2.11 bits per heavy atom. The monoisotopic (exact) mass is 256 g/mol. The molecule has 0 saturated carbocycles. The molecular weight excluding hydrogens is 245 g/mol. The lowest BCUT2D eigenvalue weighted by Gasteiger charge is -2.09. The quantitative estimate of drug-likeness (QED) is 0.914. The second-order valence-corrected chi connectivity index (χ2v) is 3.81. The van der Waals surface area contributed by atoms with E-state index in [2.05, 4.69) is 9.97 Å². The van der Waals surface area contributed by atoms with Crippen LogP contribution in [-0.2, 0) is 12.8 Å². The number of nitrogens with zero attached hydrogens (tertiary/aromatic N) is 1. The number of aromatic amines is 1. The zero-order valence-corrected chi connectivity index (χ0v) is 9.58. The summed E-state index contributed by atoms with van der Waals surface area (Å²) < 4.78 is 42.7. The maximum absolute atomic E-state index is 12.5. The zero-order chi connectivity index (χ0) is 13.2. The lowest BCUT2D eigenvalue weighted by Crippen LogP contribution is -2.05. The number of aryl methyl sites for hydroxylation is 1. The Bertz CT molecular complexity index is 534. The standard InChI is InChI=1S/C12H11F3N2O/c1-8-16-6-10(17-8)7-18-11-4-2-3-9(5-11)12(13,14)15/h2-6H,7H2,1H3,(H,16,17). The van der Waals surface area contributed by atoms with E-state index in [1.54, 1.807) is 13.1 Å². The highest BCUT2D eigenvalue weighted by Crippen LogP contribution is 2.31. The van der Waals surface area contributed by atoms with E-state index in [4.69, 9.17) is 4.74 Å². The molecule has 0 aliphatic carbocycles. The Kier molecular flexibility index (Phi) is 3.27. The van der Waals surface area contributed by atoms with Crippen molar-refractivity contribution in [2.24, 2.45) is 0 Å². The average Bonchev–Trinajstić information content (AvgIpc) is 2.72.